The van der Waals surface area contributed by atoms with Crippen molar-refractivity contribution in [3.05, 3.63) is 92.5 Å². The van der Waals surface area contributed by atoms with Gasteiger partial charge in [-0.05, 0) is 17.5 Å². The Hall–Kier alpha value is -3.19. The summed E-state index contributed by atoms with van der Waals surface area (Å²) in [6.45, 7) is 0.912. The molecule has 2 amide bonds. The molecule has 0 spiro atoms. The van der Waals surface area contributed by atoms with Crippen molar-refractivity contribution >= 4 is 23.2 Å². The van der Waals surface area contributed by atoms with Crippen molar-refractivity contribution in [3.8, 4) is 0 Å². The third-order valence-electron chi connectivity index (χ3n) is 5.64. The minimum absolute atomic E-state index is 0.0583. The maximum absolute atomic E-state index is 13.2. The Balaban J connectivity index is 1.53. The Kier molecular flexibility index (Phi) is 6.62. The molecule has 4 rings (SSSR count). The van der Waals surface area contributed by atoms with Gasteiger partial charge in [0.05, 0.1) is 12.0 Å². The zero-order chi connectivity index (χ0) is 21.6. The van der Waals surface area contributed by atoms with Gasteiger partial charge in [-0.15, -0.1) is 0 Å². The second-order valence-corrected chi connectivity index (χ2v) is 8.56. The predicted octanol–water partition coefficient (Wildman–Crippen LogP) is 3.28. The van der Waals surface area contributed by atoms with Crippen LogP contribution in [-0.2, 0) is 22.6 Å². The highest BCUT2D eigenvalue weighted by atomic mass is 32.1. The van der Waals surface area contributed by atoms with Crippen LogP contribution in [0.2, 0.25) is 0 Å². The molecule has 6 nitrogen and oxygen atoms in total. The molecule has 0 saturated carbocycles. The number of amides is 2. The van der Waals surface area contributed by atoms with E-state index < -0.39 is 0 Å². The molecule has 2 N–H and O–H groups in total. The molecule has 2 atom stereocenters. The van der Waals surface area contributed by atoms with E-state index in [4.69, 9.17) is 0 Å². The lowest BCUT2D eigenvalue weighted by molar-refractivity contribution is -0.144. The predicted molar refractivity (Wildman–Crippen MR) is 121 cm³/mol. The van der Waals surface area contributed by atoms with Crippen molar-refractivity contribution in [2.24, 2.45) is 5.92 Å². The molecule has 3 aromatic rings. The highest BCUT2D eigenvalue weighted by Gasteiger charge is 2.40. The van der Waals surface area contributed by atoms with Gasteiger partial charge in [-0.25, -0.2) is 0 Å². The molecular weight excluding hydrogens is 410 g/mol. The molecule has 1 fully saturated rings. The number of thiazole rings is 1. The number of likely N-dealkylation sites (tertiary alicyclic amines) is 1. The van der Waals surface area contributed by atoms with Crippen LogP contribution in [0.25, 0.3) is 0 Å². The van der Waals surface area contributed by atoms with E-state index in [0.717, 1.165) is 28.2 Å². The average molecular weight is 436 g/mol. The third kappa shape index (κ3) is 5.11. The summed E-state index contributed by atoms with van der Waals surface area (Å²) in [5.41, 5.74) is 2.83. The van der Waals surface area contributed by atoms with E-state index in [1.165, 1.54) is 0 Å². The van der Waals surface area contributed by atoms with Gasteiger partial charge in [-0.1, -0.05) is 72.0 Å². The Morgan fingerprint density at radius 1 is 1.06 bits per heavy atom. The van der Waals surface area contributed by atoms with Crippen molar-refractivity contribution in [1.29, 1.82) is 0 Å². The fourth-order valence-corrected chi connectivity index (χ4v) is 4.76. The smallest absolute Gasteiger partial charge is 0.304 e. The number of H-pyrrole nitrogens is 1. The minimum Gasteiger partial charge on any atom is -0.355 e. The maximum atomic E-state index is 13.2. The fourth-order valence-electron chi connectivity index (χ4n) is 4.14. The minimum atomic E-state index is -0.328. The van der Waals surface area contributed by atoms with Crippen LogP contribution < -0.4 is 10.2 Å². The standard InChI is InChI=1S/C24H25N3O3S/c28-21-12-11-20(23(29)25-14-13-19-16-31-24(30)26-19)22(18-9-5-2-6-10-18)27(21)15-17-7-3-1-4-8-17/h1-10,16,20,22H,11-15H2,(H,25,29)(H,26,30)/t20-,22-/m0/s1. The van der Waals surface area contributed by atoms with Gasteiger partial charge in [0.15, 0.2) is 0 Å². The topological polar surface area (TPSA) is 82.3 Å². The molecule has 1 aliphatic heterocycles. The summed E-state index contributed by atoms with van der Waals surface area (Å²) in [7, 11) is 0. The van der Waals surface area contributed by atoms with Crippen molar-refractivity contribution in [2.45, 2.75) is 31.8 Å². The van der Waals surface area contributed by atoms with E-state index in [1.54, 1.807) is 5.38 Å². The van der Waals surface area contributed by atoms with E-state index in [1.807, 2.05) is 65.6 Å². The molecule has 160 valence electrons. The monoisotopic (exact) mass is 435 g/mol. The van der Waals surface area contributed by atoms with Gasteiger partial charge >= 0.3 is 4.87 Å². The van der Waals surface area contributed by atoms with Crippen LogP contribution in [0.1, 0.15) is 35.7 Å². The van der Waals surface area contributed by atoms with Crippen LogP contribution in [0.15, 0.2) is 70.8 Å². The first-order valence-electron chi connectivity index (χ1n) is 10.4. The number of aromatic amines is 1. The quantitative estimate of drug-likeness (QED) is 0.598. The van der Waals surface area contributed by atoms with E-state index in [0.29, 0.717) is 32.4 Å². The van der Waals surface area contributed by atoms with Crippen LogP contribution in [0, 0.1) is 5.92 Å². The Labute approximate surface area is 184 Å². The second-order valence-electron chi connectivity index (χ2n) is 7.72. The molecular formula is C24H25N3O3S. The van der Waals surface area contributed by atoms with Crippen LogP contribution in [0.5, 0.6) is 0 Å². The van der Waals surface area contributed by atoms with Gasteiger partial charge in [0, 0.05) is 37.0 Å². The number of hydrogen-bond donors (Lipinski definition) is 2. The number of nitrogens with zero attached hydrogens (tertiary/aromatic N) is 1. The van der Waals surface area contributed by atoms with Crippen molar-refractivity contribution in [3.63, 3.8) is 0 Å². The number of aromatic nitrogens is 1. The van der Waals surface area contributed by atoms with Crippen LogP contribution in [-0.4, -0.2) is 28.2 Å². The number of nitrogens with one attached hydrogen (secondary N) is 2. The normalized spacial score (nSPS) is 18.7. The van der Waals surface area contributed by atoms with E-state index >= 15 is 0 Å². The maximum Gasteiger partial charge on any atom is 0.304 e. The zero-order valence-electron chi connectivity index (χ0n) is 17.1. The number of benzene rings is 2. The van der Waals surface area contributed by atoms with Gasteiger partial charge in [-0.2, -0.15) is 0 Å². The fraction of sp³-hybridized carbons (Fsp3) is 0.292. The van der Waals surface area contributed by atoms with Gasteiger partial charge in [0.2, 0.25) is 11.8 Å². The van der Waals surface area contributed by atoms with Crippen molar-refractivity contribution < 1.29 is 9.59 Å². The lowest BCUT2D eigenvalue weighted by atomic mass is 9.83. The number of piperidine rings is 1. The lowest BCUT2D eigenvalue weighted by Gasteiger charge is -2.41. The largest absolute Gasteiger partial charge is 0.355 e. The molecule has 1 aliphatic rings. The Bertz CT molecular complexity index is 1080. The summed E-state index contributed by atoms with van der Waals surface area (Å²) in [5.74, 6) is -0.320. The van der Waals surface area contributed by atoms with Crippen molar-refractivity contribution in [2.75, 3.05) is 6.54 Å². The molecule has 1 aromatic heterocycles. The Morgan fingerprint density at radius 2 is 1.77 bits per heavy atom. The summed E-state index contributed by atoms with van der Waals surface area (Å²) in [5, 5.41) is 4.79. The first-order chi connectivity index (χ1) is 15.1. The molecule has 2 aromatic carbocycles. The number of rotatable bonds is 7. The van der Waals surface area contributed by atoms with Crippen LogP contribution in [0.4, 0.5) is 0 Å². The van der Waals surface area contributed by atoms with Crippen molar-refractivity contribution in [1.82, 2.24) is 15.2 Å². The number of carbonyl (C=O) groups is 2. The average Bonchev–Trinajstić information content (AvgIpc) is 3.21. The second kappa shape index (κ2) is 9.75. The van der Waals surface area contributed by atoms with E-state index in [9.17, 15) is 14.4 Å². The summed E-state index contributed by atoms with van der Waals surface area (Å²) < 4.78 is 0. The van der Waals surface area contributed by atoms with E-state index in [2.05, 4.69) is 10.3 Å². The van der Waals surface area contributed by atoms with Crippen LogP contribution >= 0.6 is 11.3 Å². The van der Waals surface area contributed by atoms with Gasteiger partial charge in [0.25, 0.3) is 0 Å². The number of hydrogen-bond acceptors (Lipinski definition) is 4. The van der Waals surface area contributed by atoms with Gasteiger partial charge < -0.3 is 15.2 Å². The molecule has 1 saturated heterocycles. The summed E-state index contributed by atoms with van der Waals surface area (Å²) >= 11 is 1.12. The van der Waals surface area contributed by atoms with Crippen LogP contribution in [0.3, 0.4) is 0 Å². The van der Waals surface area contributed by atoms with Gasteiger partial charge in [-0.3, -0.25) is 14.4 Å². The molecule has 2 heterocycles. The molecule has 0 radical (unpaired) electrons. The Morgan fingerprint density at radius 3 is 2.45 bits per heavy atom. The third-order valence-corrected chi connectivity index (χ3v) is 6.36. The molecule has 0 aliphatic carbocycles. The summed E-state index contributed by atoms with van der Waals surface area (Å²) in [6.07, 6.45) is 1.44. The molecule has 0 bridgehead atoms. The summed E-state index contributed by atoms with van der Waals surface area (Å²) in [4.78, 5) is 41.9. The number of carbonyl (C=O) groups excluding carboxylic acids is 2. The zero-order valence-corrected chi connectivity index (χ0v) is 17.9. The highest BCUT2D eigenvalue weighted by molar-refractivity contribution is 7.07. The molecule has 0 unspecified atom stereocenters. The highest BCUT2D eigenvalue weighted by Crippen LogP contribution is 2.37. The van der Waals surface area contributed by atoms with Gasteiger partial charge in [0.1, 0.15) is 0 Å². The van der Waals surface area contributed by atoms with E-state index in [-0.39, 0.29) is 28.6 Å². The molecule has 7 heteroatoms. The lowest BCUT2D eigenvalue weighted by Crippen LogP contribution is -2.48. The first-order valence-corrected chi connectivity index (χ1v) is 11.3. The SMILES string of the molecule is O=C(NCCc1csc(=O)[nH]1)[C@H]1CCC(=O)N(Cc2ccccc2)[C@H]1c1ccccc1. The molecule has 31 heavy (non-hydrogen) atoms. The first kappa shape index (κ1) is 21.1. The summed E-state index contributed by atoms with van der Waals surface area (Å²) in [6, 6.07) is 19.3.